The molecule has 7 atom stereocenters. The number of hydrogen-bond donors (Lipinski definition) is 0. The predicted molar refractivity (Wildman–Crippen MR) is 95.5 cm³/mol. The number of rotatable bonds is 2. The highest BCUT2D eigenvalue weighted by atomic mass is 16.5. The molecule has 4 rings (SSSR count). The molecular formula is C21H33NO2. The van der Waals surface area contributed by atoms with Gasteiger partial charge in [0.1, 0.15) is 0 Å². The van der Waals surface area contributed by atoms with Crippen LogP contribution in [0.15, 0.2) is 12.2 Å². The third-order valence-electron chi connectivity index (χ3n) is 7.65. The standard InChI is InChI=1S/C21H33NO2/c1-14-6-5-8-16(22(14)2)10-11-18-17-9-4-3-7-15(17)12-19-20(18)13-24-21(19)23/h10-11,14-20H,3-9,12-13H2,1-2H3/b11-10+/t14-,15?,16+,17?,18?,19?,20?/m0/s1. The molecule has 0 amide bonds. The average Bonchev–Trinajstić information content (AvgIpc) is 2.96. The number of piperidine rings is 1. The summed E-state index contributed by atoms with van der Waals surface area (Å²) in [6, 6.07) is 1.26. The zero-order chi connectivity index (χ0) is 16.7. The van der Waals surface area contributed by atoms with Gasteiger partial charge in [-0.15, -0.1) is 0 Å². The number of allylic oxidation sites excluding steroid dienone is 1. The Balaban J connectivity index is 1.54. The molecule has 3 heteroatoms. The molecule has 24 heavy (non-hydrogen) atoms. The molecule has 3 nitrogen and oxygen atoms in total. The maximum absolute atomic E-state index is 12.2. The number of esters is 1. The van der Waals surface area contributed by atoms with E-state index < -0.39 is 0 Å². The minimum Gasteiger partial charge on any atom is -0.465 e. The lowest BCUT2D eigenvalue weighted by atomic mass is 9.58. The summed E-state index contributed by atoms with van der Waals surface area (Å²) in [5.74, 6) is 2.82. The molecule has 2 saturated heterocycles. The van der Waals surface area contributed by atoms with E-state index in [1.807, 2.05) is 0 Å². The van der Waals surface area contributed by atoms with Crippen LogP contribution in [-0.4, -0.2) is 36.6 Å². The number of carbonyl (C=O) groups excluding carboxylic acids is 1. The van der Waals surface area contributed by atoms with Crippen molar-refractivity contribution in [1.29, 1.82) is 0 Å². The molecule has 4 aliphatic rings. The van der Waals surface area contributed by atoms with Gasteiger partial charge in [-0.25, -0.2) is 0 Å². The third-order valence-corrected chi connectivity index (χ3v) is 7.65. The normalized spacial score (nSPS) is 46.6. The summed E-state index contributed by atoms with van der Waals surface area (Å²) in [6.45, 7) is 3.01. The topological polar surface area (TPSA) is 29.5 Å². The Kier molecular flexibility index (Phi) is 4.73. The summed E-state index contributed by atoms with van der Waals surface area (Å²) < 4.78 is 5.48. The first-order valence-corrected chi connectivity index (χ1v) is 10.2. The number of hydrogen-bond acceptors (Lipinski definition) is 3. The molecule has 2 heterocycles. The molecule has 2 aliphatic carbocycles. The number of likely N-dealkylation sites (N-methyl/N-ethyl adjacent to an activating group) is 1. The highest BCUT2D eigenvalue weighted by Gasteiger charge is 2.50. The molecule has 0 bridgehead atoms. The van der Waals surface area contributed by atoms with Crippen molar-refractivity contribution >= 4 is 5.97 Å². The van der Waals surface area contributed by atoms with Crippen LogP contribution >= 0.6 is 0 Å². The summed E-state index contributed by atoms with van der Waals surface area (Å²) in [6.07, 6.45) is 15.4. The van der Waals surface area contributed by atoms with Crippen molar-refractivity contribution in [2.75, 3.05) is 13.7 Å². The Labute approximate surface area is 146 Å². The fourth-order valence-electron chi connectivity index (χ4n) is 6.04. The van der Waals surface area contributed by atoms with Crippen LogP contribution in [0.2, 0.25) is 0 Å². The molecule has 0 aromatic carbocycles. The van der Waals surface area contributed by atoms with Gasteiger partial charge in [-0.3, -0.25) is 9.69 Å². The highest BCUT2D eigenvalue weighted by Crippen LogP contribution is 2.51. The molecular weight excluding hydrogens is 298 g/mol. The van der Waals surface area contributed by atoms with Crippen molar-refractivity contribution < 1.29 is 9.53 Å². The van der Waals surface area contributed by atoms with E-state index in [0.717, 1.165) is 18.3 Å². The first-order chi connectivity index (χ1) is 11.6. The number of ether oxygens (including phenoxy) is 1. The van der Waals surface area contributed by atoms with Crippen LogP contribution in [0.3, 0.4) is 0 Å². The monoisotopic (exact) mass is 331 g/mol. The van der Waals surface area contributed by atoms with Crippen LogP contribution in [0, 0.1) is 29.6 Å². The minimum absolute atomic E-state index is 0.0887. The van der Waals surface area contributed by atoms with Crippen molar-refractivity contribution in [3.05, 3.63) is 12.2 Å². The Bertz CT molecular complexity index is 502. The quantitative estimate of drug-likeness (QED) is 0.565. The second-order valence-corrected chi connectivity index (χ2v) is 8.82. The van der Waals surface area contributed by atoms with Gasteiger partial charge in [0.05, 0.1) is 12.5 Å². The van der Waals surface area contributed by atoms with E-state index >= 15 is 0 Å². The van der Waals surface area contributed by atoms with Gasteiger partial charge in [-0.2, -0.15) is 0 Å². The molecule has 134 valence electrons. The smallest absolute Gasteiger partial charge is 0.309 e. The average molecular weight is 332 g/mol. The van der Waals surface area contributed by atoms with Crippen LogP contribution < -0.4 is 0 Å². The predicted octanol–water partition coefficient (Wildman–Crippen LogP) is 4.03. The van der Waals surface area contributed by atoms with Gasteiger partial charge in [0.25, 0.3) is 0 Å². The van der Waals surface area contributed by atoms with Crippen molar-refractivity contribution in [2.45, 2.75) is 70.4 Å². The third kappa shape index (κ3) is 2.94. The van der Waals surface area contributed by atoms with Gasteiger partial charge in [-0.05, 0) is 57.4 Å². The van der Waals surface area contributed by atoms with Gasteiger partial charge < -0.3 is 4.74 Å². The van der Waals surface area contributed by atoms with Crippen LogP contribution in [-0.2, 0) is 9.53 Å². The van der Waals surface area contributed by atoms with Crippen LogP contribution in [0.4, 0.5) is 0 Å². The molecule has 0 aromatic rings. The van der Waals surface area contributed by atoms with E-state index in [0.29, 0.717) is 30.5 Å². The van der Waals surface area contributed by atoms with Gasteiger partial charge in [0.15, 0.2) is 0 Å². The van der Waals surface area contributed by atoms with Gasteiger partial charge in [0, 0.05) is 18.0 Å². The number of likely N-dealkylation sites (tertiary alicyclic amines) is 1. The van der Waals surface area contributed by atoms with Crippen molar-refractivity contribution in [3.8, 4) is 0 Å². The highest BCUT2D eigenvalue weighted by molar-refractivity contribution is 5.75. The summed E-state index contributed by atoms with van der Waals surface area (Å²) >= 11 is 0. The maximum Gasteiger partial charge on any atom is 0.309 e. The van der Waals surface area contributed by atoms with Crippen molar-refractivity contribution in [3.63, 3.8) is 0 Å². The van der Waals surface area contributed by atoms with Crippen LogP contribution in [0.1, 0.15) is 58.3 Å². The largest absolute Gasteiger partial charge is 0.465 e. The van der Waals surface area contributed by atoms with Crippen LogP contribution in [0.25, 0.3) is 0 Å². The van der Waals surface area contributed by atoms with Crippen LogP contribution in [0.5, 0.6) is 0 Å². The Hall–Kier alpha value is -0.830. The molecule has 2 aliphatic heterocycles. The number of cyclic esters (lactones) is 1. The second kappa shape index (κ2) is 6.82. The summed E-state index contributed by atoms with van der Waals surface area (Å²) in [4.78, 5) is 14.7. The first-order valence-electron chi connectivity index (χ1n) is 10.2. The number of nitrogens with zero attached hydrogens (tertiary/aromatic N) is 1. The van der Waals surface area contributed by atoms with E-state index in [4.69, 9.17) is 4.74 Å². The Morgan fingerprint density at radius 1 is 1.04 bits per heavy atom. The Morgan fingerprint density at radius 3 is 2.75 bits per heavy atom. The molecule has 2 saturated carbocycles. The van der Waals surface area contributed by atoms with Crippen molar-refractivity contribution in [2.24, 2.45) is 29.6 Å². The summed E-state index contributed by atoms with van der Waals surface area (Å²) in [5, 5.41) is 0. The Morgan fingerprint density at radius 2 is 1.88 bits per heavy atom. The molecule has 4 fully saturated rings. The molecule has 5 unspecified atom stereocenters. The molecule has 0 radical (unpaired) electrons. The van der Waals surface area contributed by atoms with Gasteiger partial charge in [0.2, 0.25) is 0 Å². The minimum atomic E-state index is 0.0887. The van der Waals surface area contributed by atoms with Crippen molar-refractivity contribution in [1.82, 2.24) is 4.90 Å². The zero-order valence-corrected chi connectivity index (χ0v) is 15.3. The van der Waals surface area contributed by atoms with Gasteiger partial charge >= 0.3 is 5.97 Å². The second-order valence-electron chi connectivity index (χ2n) is 8.82. The lowest BCUT2D eigenvalue weighted by Crippen LogP contribution is -2.43. The number of carbonyl (C=O) groups is 1. The summed E-state index contributed by atoms with van der Waals surface area (Å²) in [7, 11) is 2.27. The first kappa shape index (κ1) is 16.6. The zero-order valence-electron chi connectivity index (χ0n) is 15.3. The molecule has 0 aromatic heterocycles. The summed E-state index contributed by atoms with van der Waals surface area (Å²) in [5.41, 5.74) is 0. The van der Waals surface area contributed by atoms with E-state index in [-0.39, 0.29) is 11.9 Å². The van der Waals surface area contributed by atoms with E-state index in [2.05, 4.69) is 31.0 Å². The molecule has 0 N–H and O–H groups in total. The van der Waals surface area contributed by atoms with E-state index in [1.165, 1.54) is 44.9 Å². The SMILES string of the molecule is C[C@H]1CCC[C@H](/C=C/C2C3CCCCC3CC3C(=O)OCC32)N1C. The maximum atomic E-state index is 12.2. The van der Waals surface area contributed by atoms with E-state index in [9.17, 15) is 4.79 Å². The fraction of sp³-hybridized carbons (Fsp3) is 0.857. The molecule has 0 spiro atoms. The lowest BCUT2D eigenvalue weighted by molar-refractivity contribution is -0.142. The fourth-order valence-corrected chi connectivity index (χ4v) is 6.04. The van der Waals surface area contributed by atoms with E-state index in [1.54, 1.807) is 0 Å². The lowest BCUT2D eigenvalue weighted by Gasteiger charge is -2.45. The van der Waals surface area contributed by atoms with Gasteiger partial charge in [-0.1, -0.05) is 37.8 Å². The number of fused-ring (bicyclic) bond motifs is 2.